The van der Waals surface area contributed by atoms with Crippen LogP contribution in [0.3, 0.4) is 0 Å². The molecule has 2 N–H and O–H groups in total. The number of carbonyl (C=O) groups excluding carboxylic acids is 1. The molecule has 36 heavy (non-hydrogen) atoms. The number of hydrogen-bond donors (Lipinski definition) is 2. The Bertz CT molecular complexity index is 1230. The van der Waals surface area contributed by atoms with E-state index in [-0.39, 0.29) is 23.6 Å². The molecule has 1 aliphatic heterocycles. The molecule has 0 aromatic heterocycles. The van der Waals surface area contributed by atoms with Gasteiger partial charge in [0.2, 0.25) is 0 Å². The van der Waals surface area contributed by atoms with Crippen LogP contribution < -0.4 is 14.8 Å². The highest BCUT2D eigenvalue weighted by Gasteiger charge is 2.27. The maximum Gasteiger partial charge on any atom is 0.506 e. The third-order valence-corrected chi connectivity index (χ3v) is 6.16. The van der Waals surface area contributed by atoms with Crippen molar-refractivity contribution in [2.45, 2.75) is 18.6 Å². The number of carbonyl (C=O) groups is 2. The SMILES string of the molecule is COC(CNC(=O)c1ccc(Oc2cc3c(cc2Cl)C(OC(=O)O)CCO3)cc1)c1ccc(Cl)cc1. The van der Waals surface area contributed by atoms with E-state index in [1.807, 2.05) is 12.1 Å². The molecule has 1 amide bonds. The van der Waals surface area contributed by atoms with Crippen LogP contribution in [0.5, 0.6) is 17.2 Å². The van der Waals surface area contributed by atoms with E-state index in [1.54, 1.807) is 55.6 Å². The van der Waals surface area contributed by atoms with Crippen LogP contribution in [0.2, 0.25) is 10.0 Å². The van der Waals surface area contributed by atoms with Crippen molar-refractivity contribution in [1.29, 1.82) is 0 Å². The second kappa shape index (κ2) is 11.5. The zero-order valence-electron chi connectivity index (χ0n) is 19.2. The molecule has 10 heteroatoms. The van der Waals surface area contributed by atoms with Gasteiger partial charge in [-0.25, -0.2) is 4.79 Å². The number of carboxylic acid groups (broad SMARTS) is 1. The molecule has 8 nitrogen and oxygen atoms in total. The first-order valence-electron chi connectivity index (χ1n) is 11.0. The third kappa shape index (κ3) is 6.20. The van der Waals surface area contributed by atoms with Crippen LogP contribution in [0.1, 0.15) is 40.1 Å². The molecule has 0 spiro atoms. The minimum absolute atomic E-state index is 0.262. The van der Waals surface area contributed by atoms with Crippen molar-refractivity contribution in [3.05, 3.63) is 87.4 Å². The lowest BCUT2D eigenvalue weighted by Gasteiger charge is -2.25. The molecule has 2 atom stereocenters. The van der Waals surface area contributed by atoms with Gasteiger partial charge in [0.15, 0.2) is 0 Å². The second-order valence-corrected chi connectivity index (χ2v) is 8.79. The van der Waals surface area contributed by atoms with E-state index in [2.05, 4.69) is 5.32 Å². The van der Waals surface area contributed by atoms with Crippen LogP contribution in [-0.4, -0.2) is 37.4 Å². The van der Waals surface area contributed by atoms with Gasteiger partial charge in [-0.05, 0) is 48.0 Å². The maximum atomic E-state index is 12.6. The van der Waals surface area contributed by atoms with E-state index < -0.39 is 12.3 Å². The zero-order chi connectivity index (χ0) is 25.7. The topological polar surface area (TPSA) is 103 Å². The monoisotopic (exact) mass is 531 g/mol. The quantitative estimate of drug-likeness (QED) is 0.323. The van der Waals surface area contributed by atoms with Gasteiger partial charge < -0.3 is 29.4 Å². The molecular weight excluding hydrogens is 509 g/mol. The highest BCUT2D eigenvalue weighted by Crippen LogP contribution is 2.42. The maximum absolute atomic E-state index is 12.6. The molecule has 2 unspecified atom stereocenters. The summed E-state index contributed by atoms with van der Waals surface area (Å²) in [7, 11) is 1.58. The molecule has 188 valence electrons. The molecule has 0 saturated heterocycles. The summed E-state index contributed by atoms with van der Waals surface area (Å²) in [4.78, 5) is 23.6. The Kier molecular flexibility index (Phi) is 8.20. The van der Waals surface area contributed by atoms with E-state index >= 15 is 0 Å². The smallest absolute Gasteiger partial charge is 0.493 e. The fraction of sp³-hybridized carbons (Fsp3) is 0.231. The van der Waals surface area contributed by atoms with Gasteiger partial charge in [-0.1, -0.05) is 35.3 Å². The molecule has 1 heterocycles. The highest BCUT2D eigenvalue weighted by atomic mass is 35.5. The van der Waals surface area contributed by atoms with Crippen LogP contribution in [0.4, 0.5) is 4.79 Å². The number of halogens is 2. The third-order valence-electron chi connectivity index (χ3n) is 5.61. The number of fused-ring (bicyclic) bond motifs is 1. The van der Waals surface area contributed by atoms with Gasteiger partial charge in [-0.15, -0.1) is 0 Å². The van der Waals surface area contributed by atoms with Crippen LogP contribution >= 0.6 is 23.2 Å². The van der Waals surface area contributed by atoms with Crippen LogP contribution in [0.15, 0.2) is 60.7 Å². The second-order valence-electron chi connectivity index (χ2n) is 7.94. The Morgan fingerprint density at radius 3 is 2.50 bits per heavy atom. The molecule has 1 aliphatic rings. The summed E-state index contributed by atoms with van der Waals surface area (Å²) in [5.74, 6) is 0.964. The zero-order valence-corrected chi connectivity index (χ0v) is 20.7. The minimum atomic E-state index is -1.36. The molecule has 0 fully saturated rings. The first kappa shape index (κ1) is 25.6. The van der Waals surface area contributed by atoms with E-state index in [0.717, 1.165) is 5.56 Å². The van der Waals surface area contributed by atoms with Crippen molar-refractivity contribution in [3.8, 4) is 17.2 Å². The van der Waals surface area contributed by atoms with Gasteiger partial charge in [-0.3, -0.25) is 4.79 Å². The van der Waals surface area contributed by atoms with Crippen LogP contribution in [-0.2, 0) is 9.47 Å². The van der Waals surface area contributed by atoms with Gasteiger partial charge >= 0.3 is 6.16 Å². The molecule has 3 aromatic carbocycles. The van der Waals surface area contributed by atoms with Crippen molar-refractivity contribution in [2.24, 2.45) is 0 Å². The number of ether oxygens (including phenoxy) is 4. The summed E-state index contributed by atoms with van der Waals surface area (Å²) in [6.07, 6.45) is -1.95. The Labute approximate surface area is 217 Å². The fourth-order valence-corrected chi connectivity index (χ4v) is 4.12. The largest absolute Gasteiger partial charge is 0.506 e. The Balaban J connectivity index is 1.39. The Morgan fingerprint density at radius 1 is 1.11 bits per heavy atom. The van der Waals surface area contributed by atoms with Crippen molar-refractivity contribution < 1.29 is 33.6 Å². The lowest BCUT2D eigenvalue weighted by atomic mass is 10.0. The summed E-state index contributed by atoms with van der Waals surface area (Å²) in [6, 6.07) is 17.0. The number of nitrogens with one attached hydrogen (secondary N) is 1. The van der Waals surface area contributed by atoms with E-state index in [1.165, 1.54) is 0 Å². The number of benzene rings is 3. The fourth-order valence-electron chi connectivity index (χ4n) is 3.78. The predicted octanol–water partition coefficient (Wildman–Crippen LogP) is 6.42. The summed E-state index contributed by atoms with van der Waals surface area (Å²) >= 11 is 12.3. The Morgan fingerprint density at radius 2 is 1.83 bits per heavy atom. The summed E-state index contributed by atoms with van der Waals surface area (Å²) in [6.45, 7) is 0.588. The number of hydrogen-bond acceptors (Lipinski definition) is 6. The van der Waals surface area contributed by atoms with Gasteiger partial charge in [0.25, 0.3) is 5.91 Å². The normalized spacial score (nSPS) is 15.2. The standard InChI is InChI=1S/C26H23Cl2NO7/c1-33-24(15-2-6-17(27)7-3-15)14-29-25(30)16-4-8-18(9-5-16)35-23-13-22-19(12-20(23)28)21(10-11-34-22)36-26(31)32/h2-9,12-13,21,24H,10-11,14H2,1H3,(H,29,30)(H,31,32). The summed E-state index contributed by atoms with van der Waals surface area (Å²) in [5.41, 5.74) is 1.89. The van der Waals surface area contributed by atoms with Gasteiger partial charge in [0.1, 0.15) is 23.4 Å². The molecule has 0 bridgehead atoms. The average molecular weight is 532 g/mol. The molecule has 0 aliphatic carbocycles. The van der Waals surface area contributed by atoms with E-state index in [4.69, 9.17) is 47.3 Å². The number of methoxy groups -OCH3 is 1. The highest BCUT2D eigenvalue weighted by molar-refractivity contribution is 6.32. The predicted molar refractivity (Wildman–Crippen MR) is 133 cm³/mol. The van der Waals surface area contributed by atoms with Gasteiger partial charge in [-0.2, -0.15) is 0 Å². The van der Waals surface area contributed by atoms with Crippen molar-refractivity contribution in [1.82, 2.24) is 5.32 Å². The lowest BCUT2D eigenvalue weighted by Crippen LogP contribution is -2.29. The van der Waals surface area contributed by atoms with Crippen LogP contribution in [0.25, 0.3) is 0 Å². The molecule has 0 radical (unpaired) electrons. The van der Waals surface area contributed by atoms with E-state index in [0.29, 0.717) is 46.4 Å². The number of amides is 1. The van der Waals surface area contributed by atoms with E-state index in [9.17, 15) is 9.59 Å². The van der Waals surface area contributed by atoms with Gasteiger partial charge in [0.05, 0.1) is 17.7 Å². The summed E-state index contributed by atoms with van der Waals surface area (Å²) < 4.78 is 21.9. The van der Waals surface area contributed by atoms with Crippen molar-refractivity contribution in [3.63, 3.8) is 0 Å². The summed E-state index contributed by atoms with van der Waals surface area (Å²) in [5, 5.41) is 12.7. The lowest BCUT2D eigenvalue weighted by molar-refractivity contribution is 0.0326. The minimum Gasteiger partial charge on any atom is -0.493 e. The molecule has 3 aromatic rings. The van der Waals surface area contributed by atoms with Crippen molar-refractivity contribution >= 4 is 35.3 Å². The molecule has 0 saturated carbocycles. The van der Waals surface area contributed by atoms with Gasteiger partial charge in [0, 0.05) is 42.3 Å². The Hall–Kier alpha value is -3.46. The molecule has 4 rings (SSSR count). The first-order chi connectivity index (χ1) is 17.3. The van der Waals surface area contributed by atoms with Crippen molar-refractivity contribution in [2.75, 3.05) is 20.3 Å². The first-order valence-corrected chi connectivity index (χ1v) is 11.8. The number of rotatable bonds is 8. The molecular formula is C26H23Cl2NO7. The average Bonchev–Trinajstić information content (AvgIpc) is 2.86. The van der Waals surface area contributed by atoms with Crippen LogP contribution in [0, 0.1) is 0 Å².